The first-order valence-corrected chi connectivity index (χ1v) is 8.44. The van der Waals surface area contributed by atoms with Crippen LogP contribution >= 0.6 is 0 Å². The number of hydrogen-bond donors (Lipinski definition) is 1. The van der Waals surface area contributed by atoms with Gasteiger partial charge in [-0.2, -0.15) is 0 Å². The van der Waals surface area contributed by atoms with E-state index in [9.17, 15) is 14.7 Å². The van der Waals surface area contributed by atoms with E-state index in [1.807, 2.05) is 49.4 Å². The minimum atomic E-state index is -1.24. The van der Waals surface area contributed by atoms with Crippen molar-refractivity contribution >= 4 is 11.8 Å². The SMILES string of the molecule is Cc1ccc(C(C)(C(=O)O)c2cccc(C(=O)c3ccccc3)c2)cc1. The van der Waals surface area contributed by atoms with Gasteiger partial charge in [-0.15, -0.1) is 0 Å². The van der Waals surface area contributed by atoms with Crippen molar-refractivity contribution in [1.82, 2.24) is 0 Å². The fraction of sp³-hybridized carbons (Fsp3) is 0.130. The molecule has 0 aliphatic carbocycles. The zero-order chi connectivity index (χ0) is 18.7. The maximum atomic E-state index is 12.7. The van der Waals surface area contributed by atoms with Crippen LogP contribution in [0.25, 0.3) is 0 Å². The topological polar surface area (TPSA) is 54.4 Å². The van der Waals surface area contributed by atoms with Gasteiger partial charge in [0.25, 0.3) is 0 Å². The van der Waals surface area contributed by atoms with Crippen molar-refractivity contribution in [1.29, 1.82) is 0 Å². The molecule has 3 nitrogen and oxygen atoms in total. The molecule has 3 heteroatoms. The molecule has 0 spiro atoms. The van der Waals surface area contributed by atoms with Gasteiger partial charge in [-0.1, -0.05) is 78.4 Å². The number of rotatable bonds is 5. The number of ketones is 1. The Kier molecular flexibility index (Phi) is 4.72. The zero-order valence-corrected chi connectivity index (χ0v) is 14.8. The summed E-state index contributed by atoms with van der Waals surface area (Å²) in [7, 11) is 0. The Labute approximate surface area is 152 Å². The van der Waals surface area contributed by atoms with E-state index in [-0.39, 0.29) is 5.78 Å². The first-order valence-electron chi connectivity index (χ1n) is 8.44. The van der Waals surface area contributed by atoms with Gasteiger partial charge in [-0.05, 0) is 31.0 Å². The lowest BCUT2D eigenvalue weighted by molar-refractivity contribution is -0.141. The number of hydrogen-bond acceptors (Lipinski definition) is 2. The maximum Gasteiger partial charge on any atom is 0.318 e. The number of carboxylic acids is 1. The summed E-state index contributed by atoms with van der Waals surface area (Å²) in [5.41, 5.74) is 2.15. The Morgan fingerprint density at radius 2 is 1.38 bits per heavy atom. The number of benzene rings is 3. The van der Waals surface area contributed by atoms with Gasteiger partial charge >= 0.3 is 5.97 Å². The summed E-state index contributed by atoms with van der Waals surface area (Å²) in [6.07, 6.45) is 0. The van der Waals surface area contributed by atoms with Gasteiger partial charge in [-0.25, -0.2) is 0 Å². The van der Waals surface area contributed by atoms with Gasteiger partial charge in [-0.3, -0.25) is 9.59 Å². The van der Waals surface area contributed by atoms with E-state index >= 15 is 0 Å². The lowest BCUT2D eigenvalue weighted by Gasteiger charge is -2.26. The highest BCUT2D eigenvalue weighted by Gasteiger charge is 2.37. The Morgan fingerprint density at radius 1 is 0.769 bits per heavy atom. The van der Waals surface area contributed by atoms with Crippen molar-refractivity contribution in [3.05, 3.63) is 107 Å². The minimum absolute atomic E-state index is 0.121. The molecular formula is C23H20O3. The molecule has 0 amide bonds. The van der Waals surface area contributed by atoms with Crippen molar-refractivity contribution in [2.24, 2.45) is 0 Å². The van der Waals surface area contributed by atoms with Crippen LogP contribution in [0.5, 0.6) is 0 Å². The molecule has 0 saturated heterocycles. The summed E-state index contributed by atoms with van der Waals surface area (Å²) in [5.74, 6) is -1.07. The number of aliphatic carboxylic acids is 1. The zero-order valence-electron chi connectivity index (χ0n) is 14.8. The number of carboxylic acid groups (broad SMARTS) is 1. The largest absolute Gasteiger partial charge is 0.480 e. The predicted molar refractivity (Wildman–Crippen MR) is 102 cm³/mol. The van der Waals surface area contributed by atoms with Crippen LogP contribution < -0.4 is 0 Å². The Hall–Kier alpha value is -3.20. The smallest absolute Gasteiger partial charge is 0.318 e. The lowest BCUT2D eigenvalue weighted by Crippen LogP contribution is -2.33. The quantitative estimate of drug-likeness (QED) is 0.687. The molecule has 0 heterocycles. The fourth-order valence-electron chi connectivity index (χ4n) is 3.03. The third kappa shape index (κ3) is 3.16. The van der Waals surface area contributed by atoms with E-state index in [0.29, 0.717) is 22.3 Å². The summed E-state index contributed by atoms with van der Waals surface area (Å²) in [4.78, 5) is 24.9. The molecule has 26 heavy (non-hydrogen) atoms. The van der Waals surface area contributed by atoms with E-state index in [2.05, 4.69) is 0 Å². The molecule has 3 aromatic rings. The van der Waals surface area contributed by atoms with Crippen molar-refractivity contribution < 1.29 is 14.7 Å². The summed E-state index contributed by atoms with van der Waals surface area (Å²) in [6, 6.07) is 23.3. The van der Waals surface area contributed by atoms with Crippen LogP contribution in [0, 0.1) is 6.92 Å². The molecule has 0 aromatic heterocycles. The average Bonchev–Trinajstić information content (AvgIpc) is 2.68. The van der Waals surface area contributed by atoms with Crippen LogP contribution in [0.15, 0.2) is 78.9 Å². The Morgan fingerprint density at radius 3 is 2.00 bits per heavy atom. The third-order valence-corrected chi connectivity index (χ3v) is 4.79. The molecule has 1 unspecified atom stereocenters. The monoisotopic (exact) mass is 344 g/mol. The first-order chi connectivity index (χ1) is 12.4. The molecular weight excluding hydrogens is 324 g/mol. The van der Waals surface area contributed by atoms with Crippen LogP contribution in [-0.2, 0) is 10.2 Å². The number of aryl methyl sites for hydroxylation is 1. The first kappa shape index (κ1) is 17.6. The molecule has 130 valence electrons. The molecule has 0 saturated carbocycles. The van der Waals surface area contributed by atoms with Crippen LogP contribution in [0.2, 0.25) is 0 Å². The van der Waals surface area contributed by atoms with Crippen molar-refractivity contribution in [2.75, 3.05) is 0 Å². The van der Waals surface area contributed by atoms with E-state index in [1.165, 1.54) is 0 Å². The molecule has 0 fully saturated rings. The van der Waals surface area contributed by atoms with E-state index < -0.39 is 11.4 Å². The highest BCUT2D eigenvalue weighted by molar-refractivity contribution is 6.09. The lowest BCUT2D eigenvalue weighted by atomic mass is 9.75. The molecule has 0 aliphatic rings. The second-order valence-electron chi connectivity index (χ2n) is 6.57. The van der Waals surface area contributed by atoms with Crippen molar-refractivity contribution in [2.45, 2.75) is 19.3 Å². The molecule has 0 aliphatic heterocycles. The summed E-state index contributed by atoms with van der Waals surface area (Å²) >= 11 is 0. The van der Waals surface area contributed by atoms with Crippen LogP contribution in [0.1, 0.15) is 39.5 Å². The molecule has 3 rings (SSSR count). The molecule has 1 N–H and O–H groups in total. The normalized spacial score (nSPS) is 13.0. The number of carbonyl (C=O) groups excluding carboxylic acids is 1. The van der Waals surface area contributed by atoms with Gasteiger partial charge < -0.3 is 5.11 Å². The fourth-order valence-corrected chi connectivity index (χ4v) is 3.03. The van der Waals surface area contributed by atoms with Gasteiger partial charge in [0.1, 0.15) is 5.41 Å². The van der Waals surface area contributed by atoms with Crippen LogP contribution in [0.3, 0.4) is 0 Å². The molecule has 1 atom stereocenters. The molecule has 0 radical (unpaired) electrons. The van der Waals surface area contributed by atoms with Gasteiger partial charge in [0.15, 0.2) is 5.78 Å². The van der Waals surface area contributed by atoms with Crippen molar-refractivity contribution in [3.8, 4) is 0 Å². The highest BCUT2D eigenvalue weighted by atomic mass is 16.4. The van der Waals surface area contributed by atoms with E-state index in [4.69, 9.17) is 0 Å². The van der Waals surface area contributed by atoms with Crippen molar-refractivity contribution in [3.63, 3.8) is 0 Å². The van der Waals surface area contributed by atoms with Gasteiger partial charge in [0, 0.05) is 11.1 Å². The number of carbonyl (C=O) groups is 2. The Bertz CT molecular complexity index is 943. The maximum absolute atomic E-state index is 12.7. The van der Waals surface area contributed by atoms with E-state index in [0.717, 1.165) is 5.56 Å². The Balaban J connectivity index is 2.08. The predicted octanol–water partition coefficient (Wildman–Crippen LogP) is 4.62. The molecule has 3 aromatic carbocycles. The second-order valence-corrected chi connectivity index (χ2v) is 6.57. The van der Waals surface area contributed by atoms with Gasteiger partial charge in [0.2, 0.25) is 0 Å². The van der Waals surface area contributed by atoms with Crippen LogP contribution in [-0.4, -0.2) is 16.9 Å². The molecule has 0 bridgehead atoms. The summed E-state index contributed by atoms with van der Waals surface area (Å²) in [6.45, 7) is 3.63. The summed E-state index contributed by atoms with van der Waals surface area (Å²) in [5, 5.41) is 9.97. The highest BCUT2D eigenvalue weighted by Crippen LogP contribution is 2.33. The van der Waals surface area contributed by atoms with E-state index in [1.54, 1.807) is 43.3 Å². The second kappa shape index (κ2) is 6.96. The average molecular weight is 344 g/mol. The van der Waals surface area contributed by atoms with Crippen LogP contribution in [0.4, 0.5) is 0 Å². The standard InChI is InChI=1S/C23H20O3/c1-16-11-13-19(14-12-16)23(2,22(25)26)20-10-6-9-18(15-20)21(24)17-7-4-3-5-8-17/h3-15H,1-2H3,(H,25,26). The van der Waals surface area contributed by atoms with Gasteiger partial charge in [0.05, 0.1) is 0 Å². The minimum Gasteiger partial charge on any atom is -0.480 e. The third-order valence-electron chi connectivity index (χ3n) is 4.79. The summed E-state index contributed by atoms with van der Waals surface area (Å²) < 4.78 is 0.